The van der Waals surface area contributed by atoms with E-state index in [4.69, 9.17) is 9.72 Å². The third kappa shape index (κ3) is 6.19. The number of benzene rings is 2. The molecule has 0 spiro atoms. The standard InChI is InChI=1S/C25H34N4O4S2/c1-6-28(7-2)35(31,32)20-15-13-19(14-16-20)24(30)29(18-10-17-27(4)5)25-26-23-21(33-8-3)11-9-12-22(23)34-25/h9,11-16H,6-8,10,17-18H2,1-5H3. The second-order valence-corrected chi connectivity index (χ2v) is 11.2. The van der Waals surface area contributed by atoms with E-state index in [-0.39, 0.29) is 10.8 Å². The SMILES string of the molecule is CCOc1cccc2sc(N(CCCN(C)C)C(=O)c3ccc(S(=O)(=O)N(CC)CC)cc3)nc12. The van der Waals surface area contributed by atoms with Gasteiger partial charge in [-0.05, 0) is 70.4 Å². The number of para-hydroxylation sites is 1. The summed E-state index contributed by atoms with van der Waals surface area (Å²) in [7, 11) is 0.398. The molecule has 0 radical (unpaired) electrons. The Morgan fingerprint density at radius 2 is 1.69 bits per heavy atom. The number of hydrogen-bond donors (Lipinski definition) is 0. The molecule has 0 unspecified atom stereocenters. The Balaban J connectivity index is 1.95. The van der Waals surface area contributed by atoms with Crippen molar-refractivity contribution in [1.29, 1.82) is 0 Å². The third-order valence-electron chi connectivity index (χ3n) is 5.58. The number of carbonyl (C=O) groups is 1. The van der Waals surface area contributed by atoms with Gasteiger partial charge in [0.15, 0.2) is 5.13 Å². The number of nitrogens with zero attached hydrogens (tertiary/aromatic N) is 4. The van der Waals surface area contributed by atoms with Gasteiger partial charge < -0.3 is 9.64 Å². The lowest BCUT2D eigenvalue weighted by atomic mass is 10.2. The van der Waals surface area contributed by atoms with Crippen molar-refractivity contribution in [3.63, 3.8) is 0 Å². The average molecular weight is 519 g/mol. The van der Waals surface area contributed by atoms with Crippen LogP contribution in [0.3, 0.4) is 0 Å². The number of fused-ring (bicyclic) bond motifs is 1. The van der Waals surface area contributed by atoms with E-state index in [0.29, 0.717) is 42.7 Å². The highest BCUT2D eigenvalue weighted by Crippen LogP contribution is 2.35. The Bertz CT molecular complexity index is 1240. The molecule has 0 saturated heterocycles. The predicted molar refractivity (Wildman–Crippen MR) is 142 cm³/mol. The molecule has 0 atom stereocenters. The van der Waals surface area contributed by atoms with Gasteiger partial charge in [-0.15, -0.1) is 0 Å². The number of hydrogen-bond acceptors (Lipinski definition) is 7. The second kappa shape index (κ2) is 11.9. The zero-order valence-corrected chi connectivity index (χ0v) is 22.7. The van der Waals surface area contributed by atoms with Gasteiger partial charge in [0.2, 0.25) is 10.0 Å². The lowest BCUT2D eigenvalue weighted by Gasteiger charge is -2.22. The van der Waals surface area contributed by atoms with Gasteiger partial charge in [-0.1, -0.05) is 31.3 Å². The van der Waals surface area contributed by atoms with Gasteiger partial charge in [-0.3, -0.25) is 9.69 Å². The van der Waals surface area contributed by atoms with Gasteiger partial charge in [-0.25, -0.2) is 13.4 Å². The summed E-state index contributed by atoms with van der Waals surface area (Å²) in [5.41, 5.74) is 1.15. The smallest absolute Gasteiger partial charge is 0.260 e. The van der Waals surface area contributed by atoms with E-state index < -0.39 is 10.0 Å². The van der Waals surface area contributed by atoms with E-state index in [2.05, 4.69) is 4.90 Å². The molecule has 1 heterocycles. The molecule has 35 heavy (non-hydrogen) atoms. The first-order chi connectivity index (χ1) is 16.7. The normalized spacial score (nSPS) is 12.0. The molecule has 0 aliphatic carbocycles. The summed E-state index contributed by atoms with van der Waals surface area (Å²) < 4.78 is 33.7. The molecule has 0 bridgehead atoms. The van der Waals surface area contributed by atoms with Crippen LogP contribution in [0.25, 0.3) is 10.2 Å². The minimum atomic E-state index is -3.59. The largest absolute Gasteiger partial charge is 0.492 e. The lowest BCUT2D eigenvalue weighted by Crippen LogP contribution is -2.33. The Morgan fingerprint density at radius 1 is 1.00 bits per heavy atom. The Hall–Kier alpha value is -2.53. The number of aromatic nitrogens is 1. The first-order valence-corrected chi connectivity index (χ1v) is 14.1. The van der Waals surface area contributed by atoms with Crippen molar-refractivity contribution in [1.82, 2.24) is 14.2 Å². The fourth-order valence-corrected chi connectivity index (χ4v) is 6.23. The number of thiazole rings is 1. The highest BCUT2D eigenvalue weighted by Gasteiger charge is 2.25. The van der Waals surface area contributed by atoms with Crippen LogP contribution in [0.2, 0.25) is 0 Å². The van der Waals surface area contributed by atoms with Crippen LogP contribution in [-0.4, -0.2) is 75.4 Å². The summed E-state index contributed by atoms with van der Waals surface area (Å²) in [6, 6.07) is 11.9. The van der Waals surface area contributed by atoms with Crippen molar-refractivity contribution in [2.75, 3.05) is 51.8 Å². The minimum Gasteiger partial charge on any atom is -0.492 e. The fourth-order valence-electron chi connectivity index (χ4n) is 3.77. The van der Waals surface area contributed by atoms with Crippen LogP contribution >= 0.6 is 11.3 Å². The number of amides is 1. The van der Waals surface area contributed by atoms with Gasteiger partial charge in [0, 0.05) is 25.2 Å². The van der Waals surface area contributed by atoms with Crippen molar-refractivity contribution >= 4 is 42.6 Å². The van der Waals surface area contributed by atoms with E-state index >= 15 is 0 Å². The van der Waals surface area contributed by atoms with Gasteiger partial charge in [0.25, 0.3) is 5.91 Å². The number of ether oxygens (including phenoxy) is 1. The van der Waals surface area contributed by atoms with Crippen molar-refractivity contribution in [3.8, 4) is 5.75 Å². The van der Waals surface area contributed by atoms with Crippen molar-refractivity contribution in [2.24, 2.45) is 0 Å². The first kappa shape index (κ1) is 27.1. The number of anilines is 1. The first-order valence-electron chi connectivity index (χ1n) is 11.8. The van der Waals surface area contributed by atoms with Crippen LogP contribution in [0, 0.1) is 0 Å². The van der Waals surface area contributed by atoms with Gasteiger partial charge in [0.1, 0.15) is 11.3 Å². The summed E-state index contributed by atoms with van der Waals surface area (Å²) in [4.78, 5) is 22.3. The predicted octanol–water partition coefficient (Wildman–Crippen LogP) is 4.32. The molecule has 0 aliphatic heterocycles. The van der Waals surface area contributed by atoms with Crippen LogP contribution in [0.4, 0.5) is 5.13 Å². The highest BCUT2D eigenvalue weighted by molar-refractivity contribution is 7.89. The Labute approximate surface area is 212 Å². The molecular formula is C25H34N4O4S2. The maximum Gasteiger partial charge on any atom is 0.260 e. The zero-order valence-electron chi connectivity index (χ0n) is 21.0. The maximum absolute atomic E-state index is 13.6. The fraction of sp³-hybridized carbons (Fsp3) is 0.440. The number of sulfonamides is 1. The quantitative estimate of drug-likeness (QED) is 0.355. The van der Waals surface area contributed by atoms with Crippen molar-refractivity contribution in [3.05, 3.63) is 48.0 Å². The monoisotopic (exact) mass is 518 g/mol. The summed E-state index contributed by atoms with van der Waals surface area (Å²) in [6.45, 7) is 8.15. The molecule has 190 valence electrons. The molecule has 2 aromatic carbocycles. The molecule has 0 aliphatic rings. The summed E-state index contributed by atoms with van der Waals surface area (Å²) >= 11 is 1.44. The van der Waals surface area contributed by atoms with Crippen LogP contribution in [0.1, 0.15) is 37.6 Å². The molecule has 0 saturated carbocycles. The highest BCUT2D eigenvalue weighted by atomic mass is 32.2. The van der Waals surface area contributed by atoms with Crippen LogP contribution < -0.4 is 9.64 Å². The Morgan fingerprint density at radius 3 is 2.29 bits per heavy atom. The van der Waals surface area contributed by atoms with E-state index in [1.54, 1.807) is 30.9 Å². The van der Waals surface area contributed by atoms with Crippen molar-refractivity contribution in [2.45, 2.75) is 32.1 Å². The van der Waals surface area contributed by atoms with Gasteiger partial charge in [0.05, 0.1) is 16.2 Å². The third-order valence-corrected chi connectivity index (χ3v) is 8.69. The van der Waals surface area contributed by atoms with Crippen molar-refractivity contribution < 1.29 is 17.9 Å². The number of carbonyl (C=O) groups excluding carboxylic acids is 1. The molecule has 3 aromatic rings. The second-order valence-electron chi connectivity index (χ2n) is 8.26. The van der Waals surface area contributed by atoms with Crippen LogP contribution in [-0.2, 0) is 10.0 Å². The van der Waals surface area contributed by atoms with E-state index in [1.807, 2.05) is 39.2 Å². The zero-order chi connectivity index (χ0) is 25.6. The molecule has 10 heteroatoms. The molecule has 3 rings (SSSR count). The minimum absolute atomic E-state index is 0.179. The average Bonchev–Trinajstić information content (AvgIpc) is 3.27. The molecule has 0 N–H and O–H groups in total. The summed E-state index contributed by atoms with van der Waals surface area (Å²) in [5.74, 6) is 0.478. The molecule has 8 nitrogen and oxygen atoms in total. The Kier molecular flexibility index (Phi) is 9.23. The number of rotatable bonds is 12. The summed E-state index contributed by atoms with van der Waals surface area (Å²) in [5, 5.41) is 0.593. The topological polar surface area (TPSA) is 83.0 Å². The molecule has 1 aromatic heterocycles. The van der Waals surface area contributed by atoms with Crippen LogP contribution in [0.15, 0.2) is 47.4 Å². The molecular weight excluding hydrogens is 484 g/mol. The maximum atomic E-state index is 13.6. The van der Waals surface area contributed by atoms with Crippen LogP contribution in [0.5, 0.6) is 5.75 Å². The molecule has 0 fully saturated rings. The van der Waals surface area contributed by atoms with E-state index in [1.165, 1.54) is 27.8 Å². The van der Waals surface area contributed by atoms with Gasteiger partial charge >= 0.3 is 0 Å². The van der Waals surface area contributed by atoms with E-state index in [9.17, 15) is 13.2 Å². The summed E-state index contributed by atoms with van der Waals surface area (Å²) in [6.07, 6.45) is 0.765. The lowest BCUT2D eigenvalue weighted by molar-refractivity contribution is 0.0986. The van der Waals surface area contributed by atoms with Gasteiger partial charge in [-0.2, -0.15) is 4.31 Å². The molecule has 1 amide bonds. The van der Waals surface area contributed by atoms with E-state index in [0.717, 1.165) is 23.2 Å².